The summed E-state index contributed by atoms with van der Waals surface area (Å²) in [6, 6.07) is 31.8. The van der Waals surface area contributed by atoms with Crippen LogP contribution in [0.3, 0.4) is 0 Å². The molecule has 334 valence electrons. The first-order chi connectivity index (χ1) is 31.1. The van der Waals surface area contributed by atoms with Gasteiger partial charge in [-0.15, -0.1) is 25.6 Å². The molecule has 0 heterocycles. The largest absolute Gasteiger partial charge is 1.00 e. The normalized spacial score (nSPS) is 12.7. The van der Waals surface area contributed by atoms with Crippen molar-refractivity contribution in [3.63, 3.8) is 0 Å². The van der Waals surface area contributed by atoms with E-state index in [4.69, 9.17) is 0 Å². The molecule has 0 saturated heterocycles. The van der Waals surface area contributed by atoms with Gasteiger partial charge in [-0.3, -0.25) is 13.7 Å². The molecule has 0 unspecified atom stereocenters. The molecule has 5 N–H and O–H groups in total. The molecule has 8 aromatic carbocycles. The fourth-order valence-corrected chi connectivity index (χ4v) is 8.88. The van der Waals surface area contributed by atoms with E-state index >= 15 is 0 Å². The molecule has 0 aliphatic rings. The summed E-state index contributed by atoms with van der Waals surface area (Å²) in [6.07, 6.45) is 0. The maximum Gasteiger partial charge on any atom is 1.00 e. The number of azo groups is 3. The maximum absolute atomic E-state index is 12.7. The minimum Gasteiger partial charge on any atom is -0.744 e. The van der Waals surface area contributed by atoms with E-state index < -0.39 is 71.5 Å². The monoisotopic (exact) mass is 989 g/mol. The predicted molar refractivity (Wildman–Crippen MR) is 240 cm³/mol. The first-order valence-electron chi connectivity index (χ1n) is 18.6. The molecule has 0 aromatic heterocycles. The van der Waals surface area contributed by atoms with Gasteiger partial charge in [0.25, 0.3) is 30.4 Å². The number of para-hydroxylation sites is 1. The minimum atomic E-state index is -5.06. The number of hydrogen-bond acceptors (Lipinski definition) is 17. The van der Waals surface area contributed by atoms with Gasteiger partial charge in [0, 0.05) is 38.3 Å². The third-order valence-corrected chi connectivity index (χ3v) is 13.2. The number of aromatic hydroxyl groups is 1. The summed E-state index contributed by atoms with van der Waals surface area (Å²) in [6.45, 7) is 0. The van der Waals surface area contributed by atoms with Crippen molar-refractivity contribution in [3.05, 3.63) is 140 Å². The minimum absolute atomic E-state index is 0. The van der Waals surface area contributed by atoms with Crippen LogP contribution in [0.2, 0.25) is 0 Å². The quantitative estimate of drug-likeness (QED) is 0.0450. The number of phenolic OH excluding ortho intramolecular Hbond substituents is 1. The summed E-state index contributed by atoms with van der Waals surface area (Å²) >= 11 is 0. The van der Waals surface area contributed by atoms with E-state index in [2.05, 4.69) is 36.0 Å². The van der Waals surface area contributed by atoms with E-state index in [0.717, 1.165) is 48.2 Å². The third kappa shape index (κ3) is 10.7. The van der Waals surface area contributed by atoms with Crippen molar-refractivity contribution in [2.45, 2.75) is 19.6 Å². The van der Waals surface area contributed by atoms with Crippen LogP contribution >= 0.6 is 0 Å². The Morgan fingerprint density at radius 3 is 1.51 bits per heavy atom. The molecular weight excluding hydrogens is 962 g/mol. The Morgan fingerprint density at radius 1 is 0.433 bits per heavy atom. The van der Waals surface area contributed by atoms with Crippen LogP contribution in [0.15, 0.2) is 190 Å². The molecule has 0 bridgehead atoms. The van der Waals surface area contributed by atoms with Crippen molar-refractivity contribution in [1.82, 2.24) is 0 Å². The second-order valence-electron chi connectivity index (χ2n) is 14.1. The molecule has 0 spiro atoms. The number of fused-ring (bicyclic) bond motifs is 3. The van der Waals surface area contributed by atoms with Gasteiger partial charge >= 0.3 is 29.6 Å². The average molecular weight is 990 g/mol. The second kappa shape index (κ2) is 18.7. The van der Waals surface area contributed by atoms with Gasteiger partial charge in [0.2, 0.25) is 0 Å². The van der Waals surface area contributed by atoms with Gasteiger partial charge in [-0.25, -0.2) is 8.42 Å². The van der Waals surface area contributed by atoms with Crippen LogP contribution in [0.4, 0.5) is 45.5 Å². The molecule has 0 atom stereocenters. The molecule has 0 saturated carbocycles. The average Bonchev–Trinajstić information content (AvgIpc) is 3.26. The summed E-state index contributed by atoms with van der Waals surface area (Å²) in [7, 11) is -19.4. The molecule has 0 amide bonds. The third-order valence-electron chi connectivity index (χ3n) is 9.77. The van der Waals surface area contributed by atoms with Gasteiger partial charge < -0.3 is 15.0 Å². The fourth-order valence-electron chi connectivity index (χ4n) is 6.70. The van der Waals surface area contributed by atoms with Crippen molar-refractivity contribution in [2.75, 3.05) is 5.32 Å². The number of nitrogens with zero attached hydrogens (tertiary/aromatic N) is 6. The Hall–Kier alpha value is -6.42. The van der Waals surface area contributed by atoms with Gasteiger partial charge in [-0.1, -0.05) is 36.4 Å². The fraction of sp³-hybridized carbons (Fsp3) is 0. The Labute approximate surface area is 402 Å². The van der Waals surface area contributed by atoms with Crippen LogP contribution in [-0.4, -0.2) is 57.0 Å². The predicted octanol–water partition coefficient (Wildman–Crippen LogP) is 7.49. The van der Waals surface area contributed by atoms with Crippen molar-refractivity contribution in [3.8, 4) is 5.75 Å². The summed E-state index contributed by atoms with van der Waals surface area (Å²) in [5.74, 6) is -0.670. The Bertz CT molecular complexity index is 3880. The molecule has 0 aliphatic heterocycles. The molecule has 67 heavy (non-hydrogen) atoms. The number of hydrogen-bond donors (Lipinski definition) is 5. The Kier molecular flexibility index (Phi) is 13.5. The summed E-state index contributed by atoms with van der Waals surface area (Å²) < 4.78 is 139. The summed E-state index contributed by atoms with van der Waals surface area (Å²) in [4.78, 5) is -2.46. The second-order valence-corrected chi connectivity index (χ2v) is 19.7. The summed E-state index contributed by atoms with van der Waals surface area (Å²) in [5.41, 5.74) is 0.655. The standard InChI is InChI=1S/C42H29N7O13S4.Na/c50-42-31-12-9-26(43-25-5-2-1-3-6-25)19-24(31)20-40(66(60,61)62)41(42)49-48-39-18-16-37(33-14-11-30(23-35(33)39)65(57,58)59)46-47-38-17-15-36(32-13-10-29(22-34(32)38)64(54,55)56)45-44-27-7-4-8-28(21-27)63(51,52)53;/h1-23,43,50H,(H,51,52,53)(H,54,55,56)(H,57,58,59)(H,60,61,62);/q;+1/p-1. The Morgan fingerprint density at radius 2 is 0.940 bits per heavy atom. The van der Waals surface area contributed by atoms with Gasteiger partial charge in [-0.05, 0) is 109 Å². The van der Waals surface area contributed by atoms with Gasteiger partial charge in [0.15, 0.2) is 5.75 Å². The first kappa shape index (κ1) is 48.5. The molecule has 0 aliphatic carbocycles. The zero-order chi connectivity index (χ0) is 47.2. The van der Waals surface area contributed by atoms with Crippen LogP contribution in [0, 0.1) is 0 Å². The zero-order valence-electron chi connectivity index (χ0n) is 34.1. The summed E-state index contributed by atoms with van der Waals surface area (Å²) in [5, 5.41) is 40.1. The van der Waals surface area contributed by atoms with E-state index in [1.165, 1.54) is 60.7 Å². The van der Waals surface area contributed by atoms with Crippen molar-refractivity contribution in [2.24, 2.45) is 30.7 Å². The molecule has 8 aromatic rings. The molecular formula is C42H28N7NaO13S4. The van der Waals surface area contributed by atoms with Crippen molar-refractivity contribution < 1.29 is 86.5 Å². The molecule has 20 nitrogen and oxygen atoms in total. The molecule has 0 radical (unpaired) electrons. The van der Waals surface area contributed by atoms with Crippen LogP contribution in [0.25, 0.3) is 32.3 Å². The van der Waals surface area contributed by atoms with Crippen LogP contribution in [-0.2, 0) is 40.5 Å². The van der Waals surface area contributed by atoms with Crippen molar-refractivity contribution in [1.29, 1.82) is 0 Å². The number of phenols is 1. The van der Waals surface area contributed by atoms with Crippen LogP contribution in [0.5, 0.6) is 5.75 Å². The van der Waals surface area contributed by atoms with Crippen LogP contribution < -0.4 is 34.9 Å². The number of nitrogens with one attached hydrogen (secondary N) is 1. The smallest absolute Gasteiger partial charge is 0.744 e. The van der Waals surface area contributed by atoms with Gasteiger partial charge in [0.1, 0.15) is 20.7 Å². The SMILES string of the molecule is O=S(=O)([O-])c1ccc2c(N=Nc3ccc(N=Nc4cccc(S(=O)(=O)O)c4)c4ccc(S(=O)(=O)O)cc34)ccc(N=Nc3c(S(=O)(=O)O)cc4cc(Nc5ccccc5)ccc4c3O)c2c1.[Na+]. The van der Waals surface area contributed by atoms with Crippen LogP contribution in [0.1, 0.15) is 0 Å². The molecule has 8 rings (SSSR count). The zero-order valence-corrected chi connectivity index (χ0v) is 39.3. The van der Waals surface area contributed by atoms with E-state index in [0.29, 0.717) is 5.69 Å². The molecule has 25 heteroatoms. The number of anilines is 2. The topological polar surface area (TPSA) is 327 Å². The molecule has 0 fully saturated rings. The first-order valence-corrected chi connectivity index (χ1v) is 24.4. The van der Waals surface area contributed by atoms with E-state index in [-0.39, 0.29) is 90.3 Å². The number of rotatable bonds is 12. The van der Waals surface area contributed by atoms with Crippen molar-refractivity contribution >= 4 is 118 Å². The van der Waals surface area contributed by atoms with Gasteiger partial charge in [-0.2, -0.15) is 30.4 Å². The van der Waals surface area contributed by atoms with Gasteiger partial charge in [0.05, 0.1) is 43.1 Å². The van der Waals surface area contributed by atoms with E-state index in [9.17, 15) is 57.0 Å². The number of benzene rings is 8. The maximum atomic E-state index is 12.7. The van der Waals surface area contributed by atoms with E-state index in [1.54, 1.807) is 30.3 Å². The van der Waals surface area contributed by atoms with E-state index in [1.807, 2.05) is 6.07 Å². The Balaban J connectivity index is 0.00000666.